The van der Waals surface area contributed by atoms with Gasteiger partial charge in [0.15, 0.2) is 6.10 Å². The summed E-state index contributed by atoms with van der Waals surface area (Å²) in [5, 5.41) is 4.80. The molecule has 3 rings (SSSR count). The second-order valence-electron chi connectivity index (χ2n) is 12.5. The number of carbonyl (C=O) groups is 4. The fraction of sp³-hybridized carbons (Fsp3) is 0.606. The molecule has 4 atom stereocenters. The van der Waals surface area contributed by atoms with E-state index in [0.717, 1.165) is 42.7 Å². The lowest BCUT2D eigenvalue weighted by Crippen LogP contribution is -2.42. The topological polar surface area (TPSA) is 115 Å². The normalized spacial score (nSPS) is 16.1. The molecule has 0 saturated heterocycles. The highest BCUT2D eigenvalue weighted by atomic mass is 32.1. The molecule has 0 spiro atoms. The van der Waals surface area contributed by atoms with Gasteiger partial charge in [0.1, 0.15) is 10.7 Å². The van der Waals surface area contributed by atoms with E-state index in [9.17, 15) is 32.3 Å². The van der Waals surface area contributed by atoms with Gasteiger partial charge in [-0.25, -0.2) is 4.98 Å². The number of amides is 2. The number of nitrogens with one attached hydrogen (secondary N) is 1. The molecule has 1 aromatic carbocycles. The van der Waals surface area contributed by atoms with Gasteiger partial charge in [-0.05, 0) is 55.2 Å². The maximum Gasteiger partial charge on any atom is 0.416 e. The molecule has 0 aliphatic heterocycles. The van der Waals surface area contributed by atoms with E-state index in [1.807, 2.05) is 13.8 Å². The summed E-state index contributed by atoms with van der Waals surface area (Å²) in [6, 6.07) is 3.76. The van der Waals surface area contributed by atoms with Crippen LogP contribution < -0.4 is 5.32 Å². The van der Waals surface area contributed by atoms with E-state index in [1.54, 1.807) is 18.9 Å². The maximum atomic E-state index is 13.4. The Kier molecular flexibility index (Phi) is 13.2. The molecule has 2 aromatic rings. The molecule has 9 nitrogen and oxygen atoms in total. The third kappa shape index (κ3) is 10.5. The zero-order chi connectivity index (χ0) is 34.2. The molecule has 0 radical (unpaired) electrons. The summed E-state index contributed by atoms with van der Waals surface area (Å²) in [7, 11) is 3.02. The van der Waals surface area contributed by atoms with Gasteiger partial charge in [0.25, 0.3) is 5.91 Å². The Bertz CT molecular complexity index is 1340. The minimum atomic E-state index is -4.48. The highest BCUT2D eigenvalue weighted by Crippen LogP contribution is 2.33. The SMILES string of the molecule is COC(=O)[C@@H](C)C[C@H](Cc1ccc(C(F)(F)F)cc1)NC(=O)c1csc([C@@H](CC(C(C)C)N(C)C(=O)CC2CCC2)OC(C)=O)n1. The monoisotopic (exact) mass is 667 g/mol. The van der Waals surface area contributed by atoms with Gasteiger partial charge in [-0.1, -0.05) is 39.3 Å². The molecule has 1 N–H and O–H groups in total. The molecular weight excluding hydrogens is 623 g/mol. The van der Waals surface area contributed by atoms with Crippen LogP contribution in [0.5, 0.6) is 0 Å². The van der Waals surface area contributed by atoms with Crippen LogP contribution in [0.4, 0.5) is 13.2 Å². The average molecular weight is 668 g/mol. The standard InChI is InChI=1S/C33H44F3N3O6S/c1-19(2)27(39(5)29(41)16-22-8-7-9-22)17-28(45-21(4)40)31-38-26(18-46-31)30(42)37-25(14-20(3)32(43)44-6)15-23-10-12-24(13-11-23)33(34,35)36/h10-13,18-20,22,25,27-28H,7-9,14-17H2,1-6H3,(H,37,42)/t20-,25+,27?,28+/m0/s1. The fourth-order valence-electron chi connectivity index (χ4n) is 5.60. The Morgan fingerprint density at radius 1 is 1.09 bits per heavy atom. The van der Waals surface area contributed by atoms with Gasteiger partial charge in [0.2, 0.25) is 5.91 Å². The first-order valence-corrected chi connectivity index (χ1v) is 16.4. The highest BCUT2D eigenvalue weighted by molar-refractivity contribution is 7.09. The number of ether oxygens (including phenoxy) is 2. The maximum absolute atomic E-state index is 13.4. The van der Waals surface area contributed by atoms with E-state index in [0.29, 0.717) is 29.3 Å². The summed E-state index contributed by atoms with van der Waals surface area (Å²) in [6.45, 7) is 6.92. The molecule has 1 fully saturated rings. The highest BCUT2D eigenvalue weighted by Gasteiger charge is 2.33. The van der Waals surface area contributed by atoms with E-state index in [-0.39, 0.29) is 36.4 Å². The van der Waals surface area contributed by atoms with Gasteiger partial charge < -0.3 is 19.7 Å². The minimum absolute atomic E-state index is 0.0458. The number of methoxy groups -OCH3 is 1. The van der Waals surface area contributed by atoms with Gasteiger partial charge in [0.05, 0.1) is 18.6 Å². The van der Waals surface area contributed by atoms with Crippen molar-refractivity contribution < 1.29 is 41.8 Å². The second kappa shape index (κ2) is 16.4. The summed E-state index contributed by atoms with van der Waals surface area (Å²) >= 11 is 1.15. The van der Waals surface area contributed by atoms with E-state index >= 15 is 0 Å². The summed E-state index contributed by atoms with van der Waals surface area (Å²) in [5.41, 5.74) is -0.179. The average Bonchev–Trinajstić information content (AvgIpc) is 3.46. The number of esters is 2. The smallest absolute Gasteiger partial charge is 0.416 e. The summed E-state index contributed by atoms with van der Waals surface area (Å²) in [6.07, 6.45) is -0.903. The molecular formula is C33H44F3N3O6S. The van der Waals surface area contributed by atoms with Crippen molar-refractivity contribution in [3.8, 4) is 0 Å². The minimum Gasteiger partial charge on any atom is -0.469 e. The van der Waals surface area contributed by atoms with E-state index in [2.05, 4.69) is 10.3 Å². The van der Waals surface area contributed by atoms with Crippen LogP contribution in [0.2, 0.25) is 0 Å². The van der Waals surface area contributed by atoms with E-state index < -0.39 is 47.6 Å². The van der Waals surface area contributed by atoms with Crippen molar-refractivity contribution in [1.82, 2.24) is 15.2 Å². The molecule has 46 heavy (non-hydrogen) atoms. The van der Waals surface area contributed by atoms with Crippen LogP contribution in [-0.2, 0) is 36.5 Å². The number of benzene rings is 1. The Balaban J connectivity index is 1.78. The first-order chi connectivity index (χ1) is 21.6. The number of carbonyl (C=O) groups excluding carboxylic acids is 4. The first-order valence-electron chi connectivity index (χ1n) is 15.5. The molecule has 1 heterocycles. The lowest BCUT2D eigenvalue weighted by molar-refractivity contribution is -0.149. The van der Waals surface area contributed by atoms with Crippen molar-refractivity contribution >= 4 is 35.1 Å². The molecule has 0 bridgehead atoms. The van der Waals surface area contributed by atoms with Gasteiger partial charge >= 0.3 is 18.1 Å². The predicted octanol–water partition coefficient (Wildman–Crippen LogP) is 6.37. The Labute approximate surface area is 272 Å². The van der Waals surface area contributed by atoms with Crippen molar-refractivity contribution in [2.45, 2.75) is 97.0 Å². The lowest BCUT2D eigenvalue weighted by Gasteiger charge is -2.35. The summed E-state index contributed by atoms with van der Waals surface area (Å²) in [5.74, 6) is -1.64. The predicted molar refractivity (Wildman–Crippen MR) is 167 cm³/mol. The van der Waals surface area contributed by atoms with E-state index in [4.69, 9.17) is 9.47 Å². The van der Waals surface area contributed by atoms with Crippen molar-refractivity contribution in [3.63, 3.8) is 0 Å². The largest absolute Gasteiger partial charge is 0.469 e. The summed E-state index contributed by atoms with van der Waals surface area (Å²) < 4.78 is 49.6. The number of hydrogen-bond acceptors (Lipinski definition) is 8. The van der Waals surface area contributed by atoms with Gasteiger partial charge in [-0.3, -0.25) is 19.2 Å². The van der Waals surface area contributed by atoms with E-state index in [1.165, 1.54) is 31.5 Å². The number of rotatable bonds is 15. The van der Waals surface area contributed by atoms with Gasteiger partial charge in [-0.2, -0.15) is 13.2 Å². The number of thiazole rings is 1. The number of hydrogen-bond donors (Lipinski definition) is 1. The fourth-order valence-corrected chi connectivity index (χ4v) is 6.44. The number of nitrogens with zero attached hydrogens (tertiary/aromatic N) is 2. The van der Waals surface area contributed by atoms with Crippen LogP contribution in [0.3, 0.4) is 0 Å². The van der Waals surface area contributed by atoms with Crippen molar-refractivity contribution in [2.24, 2.45) is 17.8 Å². The zero-order valence-corrected chi connectivity index (χ0v) is 28.0. The quantitative estimate of drug-likeness (QED) is 0.220. The number of aromatic nitrogens is 1. The number of halogens is 3. The second-order valence-corrected chi connectivity index (χ2v) is 13.3. The Hall–Kier alpha value is -3.48. The first kappa shape index (κ1) is 37.0. The molecule has 2 amide bonds. The van der Waals surface area contributed by atoms with Crippen LogP contribution >= 0.6 is 11.3 Å². The molecule has 1 unspecified atom stereocenters. The van der Waals surface area contributed by atoms with Crippen LogP contribution in [0.1, 0.15) is 98.9 Å². The van der Waals surface area contributed by atoms with Crippen molar-refractivity contribution in [1.29, 1.82) is 0 Å². The molecule has 254 valence electrons. The summed E-state index contributed by atoms with van der Waals surface area (Å²) in [4.78, 5) is 56.9. The van der Waals surface area contributed by atoms with Crippen LogP contribution in [-0.4, -0.2) is 59.9 Å². The molecule has 1 aromatic heterocycles. The van der Waals surface area contributed by atoms with Crippen LogP contribution in [0.15, 0.2) is 29.6 Å². The third-order valence-corrected chi connectivity index (χ3v) is 9.42. The zero-order valence-electron chi connectivity index (χ0n) is 27.2. The van der Waals surface area contributed by atoms with Crippen LogP contribution in [0.25, 0.3) is 0 Å². The third-order valence-electron chi connectivity index (χ3n) is 8.48. The molecule has 13 heteroatoms. The molecule has 1 aliphatic carbocycles. The Morgan fingerprint density at radius 2 is 1.74 bits per heavy atom. The lowest BCUT2D eigenvalue weighted by atomic mass is 9.82. The Morgan fingerprint density at radius 3 is 2.26 bits per heavy atom. The molecule has 1 aliphatic rings. The molecule has 1 saturated carbocycles. The van der Waals surface area contributed by atoms with Crippen LogP contribution in [0, 0.1) is 17.8 Å². The van der Waals surface area contributed by atoms with Gasteiger partial charge in [-0.15, -0.1) is 11.3 Å². The van der Waals surface area contributed by atoms with Crippen molar-refractivity contribution in [2.75, 3.05) is 14.2 Å². The van der Waals surface area contributed by atoms with Crippen molar-refractivity contribution in [3.05, 3.63) is 51.5 Å². The number of alkyl halides is 3. The van der Waals surface area contributed by atoms with Gasteiger partial charge in [0, 0.05) is 44.3 Å².